The van der Waals surface area contributed by atoms with Gasteiger partial charge in [0.2, 0.25) is 0 Å². The molecule has 3 N–H and O–H groups in total. The fraction of sp³-hybridized carbons (Fsp3) is 0.273. The molecule has 5 rings (SSSR count). The molecule has 0 amide bonds. The van der Waals surface area contributed by atoms with Crippen LogP contribution in [0.3, 0.4) is 0 Å². The number of H-pyrrole nitrogens is 1. The monoisotopic (exact) mass is 385 g/mol. The normalized spacial score (nSPS) is 15.2. The second kappa shape index (κ2) is 7.25. The van der Waals surface area contributed by atoms with E-state index < -0.39 is 0 Å². The van der Waals surface area contributed by atoms with Crippen molar-refractivity contribution in [2.45, 2.75) is 25.8 Å². The molecule has 7 nitrogen and oxygen atoms in total. The zero-order chi connectivity index (χ0) is 19.8. The van der Waals surface area contributed by atoms with E-state index in [-0.39, 0.29) is 0 Å². The molecule has 4 aromatic rings. The molecule has 1 aliphatic heterocycles. The lowest BCUT2D eigenvalue weighted by molar-refractivity contribution is 0.498. The van der Waals surface area contributed by atoms with Crippen LogP contribution in [0.1, 0.15) is 18.4 Å². The highest BCUT2D eigenvalue weighted by molar-refractivity contribution is 5.93. The van der Waals surface area contributed by atoms with Crippen LogP contribution in [0.2, 0.25) is 0 Å². The summed E-state index contributed by atoms with van der Waals surface area (Å²) in [6, 6.07) is 10.4. The molecule has 0 unspecified atom stereocenters. The molecular weight excluding hydrogens is 362 g/mol. The second-order valence-electron chi connectivity index (χ2n) is 7.59. The number of fused-ring (bicyclic) bond motifs is 1. The number of nitrogens with one attached hydrogen (secondary N) is 1. The standard InChI is InChI=1S/C22H23N7/c1-14-4-5-18(26-22(14)29-9-6-16(23)7-10-29)21-17-11-19(15-3-2-8-24-12-15)25-13-20(17)27-28-21/h2-5,8,11-13,16H,6-7,9-10,23H2,1H3,(H,27,28). The number of piperidine rings is 1. The maximum atomic E-state index is 6.07. The molecule has 0 saturated carbocycles. The number of nitrogens with zero attached hydrogens (tertiary/aromatic N) is 5. The minimum atomic E-state index is 0.295. The van der Waals surface area contributed by atoms with Crippen molar-refractivity contribution >= 4 is 16.7 Å². The summed E-state index contributed by atoms with van der Waals surface area (Å²) < 4.78 is 0. The van der Waals surface area contributed by atoms with E-state index in [1.165, 1.54) is 5.56 Å². The topological polar surface area (TPSA) is 96.6 Å². The predicted octanol–water partition coefficient (Wildman–Crippen LogP) is 3.32. The van der Waals surface area contributed by atoms with E-state index in [2.05, 4.69) is 38.1 Å². The van der Waals surface area contributed by atoms with Gasteiger partial charge in [-0.05, 0) is 49.6 Å². The first-order valence-corrected chi connectivity index (χ1v) is 9.92. The van der Waals surface area contributed by atoms with Crippen LogP contribution < -0.4 is 10.6 Å². The Hall–Kier alpha value is -3.32. The Morgan fingerprint density at radius 2 is 1.97 bits per heavy atom. The van der Waals surface area contributed by atoms with Crippen LogP contribution in [-0.2, 0) is 0 Å². The van der Waals surface area contributed by atoms with E-state index in [0.717, 1.165) is 65.3 Å². The summed E-state index contributed by atoms with van der Waals surface area (Å²) in [5.41, 5.74) is 11.7. The van der Waals surface area contributed by atoms with Crippen molar-refractivity contribution in [3.63, 3.8) is 0 Å². The molecule has 146 valence electrons. The van der Waals surface area contributed by atoms with Crippen molar-refractivity contribution in [2.75, 3.05) is 18.0 Å². The van der Waals surface area contributed by atoms with Gasteiger partial charge in [0.25, 0.3) is 0 Å². The zero-order valence-electron chi connectivity index (χ0n) is 16.3. The van der Waals surface area contributed by atoms with Crippen LogP contribution in [0.5, 0.6) is 0 Å². The molecule has 0 radical (unpaired) electrons. The molecule has 0 bridgehead atoms. The van der Waals surface area contributed by atoms with E-state index in [4.69, 9.17) is 10.7 Å². The third-order valence-corrected chi connectivity index (χ3v) is 5.56. The highest BCUT2D eigenvalue weighted by Gasteiger charge is 2.20. The molecule has 1 fully saturated rings. The number of aromatic amines is 1. The van der Waals surface area contributed by atoms with Crippen LogP contribution in [0.4, 0.5) is 5.82 Å². The minimum absolute atomic E-state index is 0.295. The van der Waals surface area contributed by atoms with Crippen molar-refractivity contribution in [1.29, 1.82) is 0 Å². The number of anilines is 1. The van der Waals surface area contributed by atoms with E-state index in [9.17, 15) is 0 Å². The summed E-state index contributed by atoms with van der Waals surface area (Å²) in [6.07, 6.45) is 7.39. The van der Waals surface area contributed by atoms with Crippen LogP contribution in [0.15, 0.2) is 48.9 Å². The first kappa shape index (κ1) is 17.8. The van der Waals surface area contributed by atoms with Gasteiger partial charge in [0, 0.05) is 42.5 Å². The Labute approximate surface area is 169 Å². The Kier molecular flexibility index (Phi) is 4.44. The van der Waals surface area contributed by atoms with Gasteiger partial charge in [-0.3, -0.25) is 15.1 Å². The number of rotatable bonds is 3. The van der Waals surface area contributed by atoms with Crippen LogP contribution in [-0.4, -0.2) is 44.3 Å². The predicted molar refractivity (Wildman–Crippen MR) is 115 cm³/mol. The Bertz CT molecular complexity index is 1140. The highest BCUT2D eigenvalue weighted by atomic mass is 15.2. The highest BCUT2D eigenvalue weighted by Crippen LogP contribution is 2.30. The second-order valence-corrected chi connectivity index (χ2v) is 7.59. The maximum absolute atomic E-state index is 6.07. The van der Waals surface area contributed by atoms with Gasteiger partial charge in [-0.15, -0.1) is 0 Å². The first-order valence-electron chi connectivity index (χ1n) is 9.92. The molecule has 0 aromatic carbocycles. The van der Waals surface area contributed by atoms with Gasteiger partial charge in [-0.1, -0.05) is 6.07 Å². The van der Waals surface area contributed by atoms with E-state index in [1.807, 2.05) is 36.7 Å². The number of hydrogen-bond donors (Lipinski definition) is 2. The summed E-state index contributed by atoms with van der Waals surface area (Å²) in [5.74, 6) is 1.02. The molecule has 1 aliphatic rings. The number of aryl methyl sites for hydroxylation is 1. The third-order valence-electron chi connectivity index (χ3n) is 5.56. The van der Waals surface area contributed by atoms with E-state index in [1.54, 1.807) is 6.20 Å². The summed E-state index contributed by atoms with van der Waals surface area (Å²) in [5, 5.41) is 8.63. The van der Waals surface area contributed by atoms with E-state index >= 15 is 0 Å². The lowest BCUT2D eigenvalue weighted by atomic mass is 10.1. The smallest absolute Gasteiger partial charge is 0.132 e. The summed E-state index contributed by atoms with van der Waals surface area (Å²) in [6.45, 7) is 3.98. The van der Waals surface area contributed by atoms with Gasteiger partial charge in [0.05, 0.1) is 23.1 Å². The number of hydrogen-bond acceptors (Lipinski definition) is 6. The van der Waals surface area contributed by atoms with Crippen molar-refractivity contribution in [3.05, 3.63) is 54.5 Å². The quantitative estimate of drug-likeness (QED) is 0.562. The van der Waals surface area contributed by atoms with Gasteiger partial charge < -0.3 is 10.6 Å². The van der Waals surface area contributed by atoms with Gasteiger partial charge in [0.15, 0.2) is 0 Å². The van der Waals surface area contributed by atoms with Gasteiger partial charge >= 0.3 is 0 Å². The SMILES string of the molecule is Cc1ccc(-c2n[nH]c3cnc(-c4cccnc4)cc23)nc1N1CCC(N)CC1. The molecule has 0 spiro atoms. The number of pyridine rings is 3. The fourth-order valence-electron chi connectivity index (χ4n) is 3.87. The lowest BCUT2D eigenvalue weighted by Gasteiger charge is -2.32. The largest absolute Gasteiger partial charge is 0.356 e. The van der Waals surface area contributed by atoms with Gasteiger partial charge in [-0.2, -0.15) is 5.10 Å². The van der Waals surface area contributed by atoms with Crippen molar-refractivity contribution in [3.8, 4) is 22.6 Å². The number of aromatic nitrogens is 5. The number of nitrogens with two attached hydrogens (primary N) is 1. The third kappa shape index (κ3) is 3.34. The van der Waals surface area contributed by atoms with Crippen LogP contribution in [0.25, 0.3) is 33.5 Å². The minimum Gasteiger partial charge on any atom is -0.356 e. The van der Waals surface area contributed by atoms with Crippen molar-refractivity contribution in [1.82, 2.24) is 25.1 Å². The Balaban J connectivity index is 1.56. The zero-order valence-corrected chi connectivity index (χ0v) is 16.3. The first-order chi connectivity index (χ1) is 14.2. The molecule has 0 aliphatic carbocycles. The van der Waals surface area contributed by atoms with E-state index in [0.29, 0.717) is 6.04 Å². The summed E-state index contributed by atoms with van der Waals surface area (Å²) in [7, 11) is 0. The van der Waals surface area contributed by atoms with Crippen LogP contribution in [0, 0.1) is 6.92 Å². The summed E-state index contributed by atoms with van der Waals surface area (Å²) in [4.78, 5) is 16.1. The van der Waals surface area contributed by atoms with Crippen LogP contribution >= 0.6 is 0 Å². The average molecular weight is 385 g/mol. The molecule has 5 heterocycles. The maximum Gasteiger partial charge on any atom is 0.132 e. The molecule has 1 saturated heterocycles. The van der Waals surface area contributed by atoms with Crippen molar-refractivity contribution < 1.29 is 0 Å². The average Bonchev–Trinajstić information content (AvgIpc) is 3.19. The summed E-state index contributed by atoms with van der Waals surface area (Å²) >= 11 is 0. The van der Waals surface area contributed by atoms with Gasteiger partial charge in [0.1, 0.15) is 11.5 Å². The molecule has 7 heteroatoms. The molecule has 0 atom stereocenters. The fourth-order valence-corrected chi connectivity index (χ4v) is 3.87. The van der Waals surface area contributed by atoms with Gasteiger partial charge in [-0.25, -0.2) is 4.98 Å². The Morgan fingerprint density at radius 1 is 1.10 bits per heavy atom. The molecule has 29 heavy (non-hydrogen) atoms. The molecule has 4 aromatic heterocycles. The lowest BCUT2D eigenvalue weighted by Crippen LogP contribution is -2.40. The molecular formula is C22H23N7. The van der Waals surface area contributed by atoms with Crippen molar-refractivity contribution in [2.24, 2.45) is 5.73 Å². The Morgan fingerprint density at radius 3 is 2.76 bits per heavy atom.